The van der Waals surface area contributed by atoms with Crippen LogP contribution in [0.3, 0.4) is 0 Å². The molecule has 33 heavy (non-hydrogen) atoms. The molecule has 0 atom stereocenters. The number of anilines is 4. The number of nitrogens with zero attached hydrogens (tertiary/aromatic N) is 4. The van der Waals surface area contributed by atoms with Gasteiger partial charge in [-0.05, 0) is 48.5 Å². The molecule has 2 heterocycles. The number of benzene rings is 2. The molecule has 0 aliphatic heterocycles. The van der Waals surface area contributed by atoms with Crippen LogP contribution in [0.1, 0.15) is 0 Å². The number of rotatable bonds is 8. The molecule has 0 aliphatic carbocycles. The molecule has 2 N–H and O–H groups in total. The van der Waals surface area contributed by atoms with Crippen molar-refractivity contribution in [1.82, 2.24) is 19.5 Å². The van der Waals surface area contributed by atoms with E-state index in [2.05, 4.69) is 30.3 Å². The third-order valence-corrected chi connectivity index (χ3v) is 4.23. The first-order valence-corrected chi connectivity index (χ1v) is 9.44. The predicted octanol–water partition coefficient (Wildman–Crippen LogP) is 5.35. The summed E-state index contributed by atoms with van der Waals surface area (Å²) in [7, 11) is 0. The molecule has 0 saturated carbocycles. The Morgan fingerprint density at radius 3 is 2.18 bits per heavy atom. The summed E-state index contributed by atoms with van der Waals surface area (Å²) < 4.78 is 59.5. The molecular formula is C21H16F4N6O2. The molecule has 2 aromatic heterocycles. The first-order chi connectivity index (χ1) is 15.9. The lowest BCUT2D eigenvalue weighted by Crippen LogP contribution is -2.16. The monoisotopic (exact) mass is 460 g/mol. The summed E-state index contributed by atoms with van der Waals surface area (Å²) in [6, 6.07) is 13.6. The maximum atomic E-state index is 12.3. The number of nitrogens with one attached hydrogen (secondary N) is 2. The number of hydrogen-bond acceptors (Lipinski definition) is 7. The highest BCUT2D eigenvalue weighted by atomic mass is 19.4. The Kier molecular flexibility index (Phi) is 6.24. The molecule has 170 valence electrons. The molecule has 2 aromatic carbocycles. The van der Waals surface area contributed by atoms with Crippen molar-refractivity contribution in [2.45, 2.75) is 6.36 Å². The van der Waals surface area contributed by atoms with Crippen molar-refractivity contribution < 1.29 is 27.0 Å². The molecule has 0 unspecified atom stereocenters. The highest BCUT2D eigenvalue weighted by Crippen LogP contribution is 2.26. The van der Waals surface area contributed by atoms with Crippen LogP contribution in [0.15, 0.2) is 73.3 Å². The van der Waals surface area contributed by atoms with E-state index >= 15 is 0 Å². The lowest BCUT2D eigenvalue weighted by Gasteiger charge is -2.12. The predicted molar refractivity (Wildman–Crippen MR) is 112 cm³/mol. The lowest BCUT2D eigenvalue weighted by atomic mass is 10.3. The van der Waals surface area contributed by atoms with Crippen LogP contribution in [-0.2, 0) is 0 Å². The van der Waals surface area contributed by atoms with Gasteiger partial charge in [-0.25, -0.2) is 19.3 Å². The van der Waals surface area contributed by atoms with Crippen molar-refractivity contribution in [2.24, 2.45) is 0 Å². The maximum absolute atomic E-state index is 12.3. The van der Waals surface area contributed by atoms with Crippen LogP contribution in [0.2, 0.25) is 0 Å². The van der Waals surface area contributed by atoms with Gasteiger partial charge in [-0.3, -0.25) is 4.57 Å². The minimum Gasteiger partial charge on any atom is -0.463 e. The van der Waals surface area contributed by atoms with Crippen LogP contribution in [0, 0.1) is 0 Å². The van der Waals surface area contributed by atoms with Crippen LogP contribution in [0.4, 0.5) is 40.7 Å². The van der Waals surface area contributed by atoms with Crippen LogP contribution in [0.5, 0.6) is 11.5 Å². The Morgan fingerprint density at radius 2 is 1.52 bits per heavy atom. The zero-order valence-corrected chi connectivity index (χ0v) is 16.8. The Hall–Kier alpha value is -4.35. The van der Waals surface area contributed by atoms with Crippen molar-refractivity contribution >= 4 is 23.1 Å². The smallest absolute Gasteiger partial charge is 0.463 e. The van der Waals surface area contributed by atoms with Crippen LogP contribution >= 0.6 is 0 Å². The number of aromatic nitrogens is 4. The maximum Gasteiger partial charge on any atom is 0.573 e. The largest absolute Gasteiger partial charge is 0.573 e. The topological polar surface area (TPSA) is 86.1 Å². The van der Waals surface area contributed by atoms with Crippen molar-refractivity contribution in [2.75, 3.05) is 17.5 Å². The lowest BCUT2D eigenvalue weighted by molar-refractivity contribution is -0.274. The molecular weight excluding hydrogens is 444 g/mol. The number of alkyl halides is 4. The Morgan fingerprint density at radius 1 is 0.848 bits per heavy atom. The van der Waals surface area contributed by atoms with Crippen molar-refractivity contribution in [1.29, 1.82) is 0 Å². The second kappa shape index (κ2) is 9.42. The standard InChI is InChI=1S/C21H16F4N6O2/c22-12-32-16-5-1-15(2-6-16)30-20-26-9-10-31(20)19-11-18(27-13-28-19)29-14-3-7-17(8-4-14)33-21(23,24)25/h1-11,13H,12H2,(H,26,30)(H,27,28,29). The minimum absolute atomic E-state index is 0.324. The zero-order valence-electron chi connectivity index (χ0n) is 16.8. The van der Waals surface area contributed by atoms with E-state index in [1.54, 1.807) is 47.3 Å². The molecule has 0 radical (unpaired) electrons. The summed E-state index contributed by atoms with van der Waals surface area (Å²) in [5.74, 6) is 1.44. The van der Waals surface area contributed by atoms with E-state index in [4.69, 9.17) is 4.74 Å². The number of halogens is 4. The third-order valence-electron chi connectivity index (χ3n) is 4.23. The summed E-state index contributed by atoms with van der Waals surface area (Å²) in [5.41, 5.74) is 1.20. The number of imidazole rings is 1. The Bertz CT molecular complexity index is 1200. The summed E-state index contributed by atoms with van der Waals surface area (Å²) >= 11 is 0. The van der Waals surface area contributed by atoms with Gasteiger partial charge in [0.15, 0.2) is 0 Å². The molecule has 4 rings (SSSR count). The van der Waals surface area contributed by atoms with E-state index in [1.807, 2.05) is 0 Å². The zero-order chi connectivity index (χ0) is 23.3. The molecule has 0 amide bonds. The van der Waals surface area contributed by atoms with Gasteiger partial charge in [0.05, 0.1) is 0 Å². The van der Waals surface area contributed by atoms with E-state index in [1.165, 1.54) is 30.6 Å². The van der Waals surface area contributed by atoms with Gasteiger partial charge >= 0.3 is 6.36 Å². The molecule has 0 aliphatic rings. The number of ether oxygens (including phenoxy) is 2. The SMILES string of the molecule is FCOc1ccc(Nc2nccn2-c2cc(Nc3ccc(OC(F)(F)F)cc3)ncn2)cc1. The molecule has 12 heteroatoms. The minimum atomic E-state index is -4.75. The molecule has 0 fully saturated rings. The molecule has 0 saturated heterocycles. The first-order valence-electron chi connectivity index (χ1n) is 9.44. The van der Waals surface area contributed by atoms with Crippen LogP contribution in [0.25, 0.3) is 5.82 Å². The molecule has 0 spiro atoms. The van der Waals surface area contributed by atoms with Crippen molar-refractivity contribution in [3.05, 3.63) is 73.3 Å². The Balaban J connectivity index is 1.48. The third kappa shape index (κ3) is 5.87. The van der Waals surface area contributed by atoms with E-state index in [9.17, 15) is 17.6 Å². The van der Waals surface area contributed by atoms with Crippen molar-refractivity contribution in [3.63, 3.8) is 0 Å². The average molecular weight is 460 g/mol. The van der Waals surface area contributed by atoms with Gasteiger partial charge in [-0.15, -0.1) is 13.2 Å². The second-order valence-corrected chi connectivity index (χ2v) is 6.48. The summed E-state index contributed by atoms with van der Waals surface area (Å²) in [4.78, 5) is 12.7. The van der Waals surface area contributed by atoms with Gasteiger partial charge in [0.1, 0.15) is 29.5 Å². The van der Waals surface area contributed by atoms with Gasteiger partial charge in [-0.2, -0.15) is 0 Å². The summed E-state index contributed by atoms with van der Waals surface area (Å²) in [5, 5.41) is 6.13. The highest BCUT2D eigenvalue weighted by molar-refractivity contribution is 5.60. The van der Waals surface area contributed by atoms with E-state index in [0.717, 1.165) is 0 Å². The second-order valence-electron chi connectivity index (χ2n) is 6.48. The fourth-order valence-corrected chi connectivity index (χ4v) is 2.84. The fourth-order valence-electron chi connectivity index (χ4n) is 2.84. The van der Waals surface area contributed by atoms with E-state index in [0.29, 0.717) is 34.7 Å². The molecule has 8 nitrogen and oxygen atoms in total. The van der Waals surface area contributed by atoms with Gasteiger partial charge in [0, 0.05) is 29.8 Å². The van der Waals surface area contributed by atoms with Gasteiger partial charge in [0.25, 0.3) is 0 Å². The highest BCUT2D eigenvalue weighted by Gasteiger charge is 2.30. The van der Waals surface area contributed by atoms with E-state index in [-0.39, 0.29) is 5.75 Å². The normalized spacial score (nSPS) is 11.2. The fraction of sp³-hybridized carbons (Fsp3) is 0.0952. The quantitative estimate of drug-likeness (QED) is 0.343. The van der Waals surface area contributed by atoms with Gasteiger partial charge in [-0.1, -0.05) is 0 Å². The number of hydrogen-bond donors (Lipinski definition) is 2. The van der Waals surface area contributed by atoms with Crippen molar-refractivity contribution in [3.8, 4) is 17.3 Å². The Labute approximate surface area is 184 Å². The summed E-state index contributed by atoms with van der Waals surface area (Å²) in [6.07, 6.45) is -0.140. The molecule has 0 bridgehead atoms. The van der Waals surface area contributed by atoms with Gasteiger partial charge in [0.2, 0.25) is 12.8 Å². The summed E-state index contributed by atoms with van der Waals surface area (Å²) in [6.45, 7) is -0.910. The van der Waals surface area contributed by atoms with Gasteiger partial charge < -0.3 is 20.1 Å². The van der Waals surface area contributed by atoms with E-state index < -0.39 is 13.2 Å². The average Bonchev–Trinajstić information content (AvgIpc) is 3.24. The first kappa shape index (κ1) is 21.9. The van der Waals surface area contributed by atoms with Crippen LogP contribution in [-0.4, -0.2) is 32.7 Å². The van der Waals surface area contributed by atoms with Crippen LogP contribution < -0.4 is 20.1 Å². The molecule has 4 aromatic rings.